The number of hydrogen-bond acceptors (Lipinski definition) is 4. The number of anilines is 1. The molecule has 0 amide bonds. The summed E-state index contributed by atoms with van der Waals surface area (Å²) in [5.74, 6) is 3.57. The molecule has 0 radical (unpaired) electrons. The summed E-state index contributed by atoms with van der Waals surface area (Å²) in [5.41, 5.74) is 2.28. The second-order valence-corrected chi connectivity index (χ2v) is 8.61. The molecular weight excluding hydrogens is 338 g/mol. The van der Waals surface area contributed by atoms with Crippen molar-refractivity contribution in [2.24, 2.45) is 11.8 Å². The number of allylic oxidation sites excluding steroid dienone is 1. The van der Waals surface area contributed by atoms with Gasteiger partial charge in [0.25, 0.3) is 0 Å². The molecule has 0 saturated heterocycles. The predicted octanol–water partition coefficient (Wildman–Crippen LogP) is 6.37. The molecule has 1 heterocycles. The van der Waals surface area contributed by atoms with Crippen LogP contribution in [0.15, 0.2) is 30.5 Å². The quantitative estimate of drug-likeness (QED) is 0.615. The van der Waals surface area contributed by atoms with Crippen LogP contribution in [0, 0.1) is 11.8 Å². The zero-order valence-corrected chi connectivity index (χ0v) is 17.1. The summed E-state index contributed by atoms with van der Waals surface area (Å²) in [7, 11) is 0. The average Bonchev–Trinajstić information content (AvgIpc) is 2.68. The number of nitrogens with one attached hydrogen (secondary N) is 1. The summed E-state index contributed by atoms with van der Waals surface area (Å²) in [5, 5.41) is 4.58. The highest BCUT2D eigenvalue weighted by Crippen LogP contribution is 2.30. The smallest absolute Gasteiger partial charge is 0.223 e. The molecule has 1 saturated carbocycles. The summed E-state index contributed by atoms with van der Waals surface area (Å²) in [6, 6.07) is 6.51. The van der Waals surface area contributed by atoms with Crippen molar-refractivity contribution < 1.29 is 0 Å². The van der Waals surface area contributed by atoms with Crippen molar-refractivity contribution in [2.45, 2.75) is 52.9 Å². The van der Waals surface area contributed by atoms with Crippen LogP contribution in [0.1, 0.15) is 58.4 Å². The van der Waals surface area contributed by atoms with Crippen LogP contribution in [-0.4, -0.2) is 22.3 Å². The lowest BCUT2D eigenvalue weighted by molar-refractivity contribution is 0.300. The third kappa shape index (κ3) is 5.00. The molecule has 0 atom stereocenters. The van der Waals surface area contributed by atoms with Gasteiger partial charge in [-0.15, -0.1) is 11.8 Å². The Morgan fingerprint density at radius 2 is 2.08 bits per heavy atom. The number of benzene rings is 1. The van der Waals surface area contributed by atoms with Crippen LogP contribution in [0.3, 0.4) is 0 Å². The molecular formula is C22H31N3S. The minimum atomic E-state index is 0.761. The molecule has 1 aliphatic carbocycles. The first-order valence-electron chi connectivity index (χ1n) is 9.99. The molecule has 1 aromatic carbocycles. The van der Waals surface area contributed by atoms with Crippen molar-refractivity contribution in [1.29, 1.82) is 0 Å². The Balaban J connectivity index is 1.70. The van der Waals surface area contributed by atoms with Gasteiger partial charge in [-0.2, -0.15) is 0 Å². The standard InChI is InChI=1S/C22H31N3S/c1-4-12-26-21(5-2)18-10-11-19-15-24-22(25-20(19)13-18)23-14-17-8-6-16(3)7-9-17/h5,10-11,13,15-17H,4,6-9,12,14H2,1-3H3,(H,23,24,25)/b21-5-. The number of hydrogen-bond donors (Lipinski definition) is 1. The number of thioether (sulfide) groups is 1. The van der Waals surface area contributed by atoms with Crippen LogP contribution >= 0.6 is 11.8 Å². The Kier molecular flexibility index (Phi) is 6.95. The van der Waals surface area contributed by atoms with Gasteiger partial charge in [0.05, 0.1) is 5.52 Å². The van der Waals surface area contributed by atoms with E-state index >= 15 is 0 Å². The van der Waals surface area contributed by atoms with Gasteiger partial charge in [0.15, 0.2) is 0 Å². The van der Waals surface area contributed by atoms with Crippen LogP contribution in [-0.2, 0) is 0 Å². The topological polar surface area (TPSA) is 37.8 Å². The molecule has 3 nitrogen and oxygen atoms in total. The van der Waals surface area contributed by atoms with Crippen LogP contribution in [0.4, 0.5) is 5.95 Å². The Morgan fingerprint density at radius 1 is 1.27 bits per heavy atom. The summed E-state index contributed by atoms with van der Waals surface area (Å²) in [6.07, 6.45) is 10.7. The molecule has 26 heavy (non-hydrogen) atoms. The molecule has 140 valence electrons. The summed E-state index contributed by atoms with van der Waals surface area (Å²) in [6.45, 7) is 7.69. The van der Waals surface area contributed by atoms with E-state index in [0.717, 1.165) is 41.0 Å². The molecule has 4 heteroatoms. The van der Waals surface area contributed by atoms with Crippen LogP contribution in [0.2, 0.25) is 0 Å². The maximum atomic E-state index is 4.77. The molecule has 1 aromatic heterocycles. The third-order valence-corrected chi connectivity index (χ3v) is 6.67. The highest BCUT2D eigenvalue weighted by molar-refractivity contribution is 8.08. The van der Waals surface area contributed by atoms with E-state index in [1.807, 2.05) is 18.0 Å². The number of nitrogens with zero attached hydrogens (tertiary/aromatic N) is 2. The predicted molar refractivity (Wildman–Crippen MR) is 116 cm³/mol. The minimum Gasteiger partial charge on any atom is -0.354 e. The molecule has 0 aliphatic heterocycles. The fourth-order valence-electron chi connectivity index (χ4n) is 3.58. The maximum Gasteiger partial charge on any atom is 0.223 e. The molecule has 0 unspecified atom stereocenters. The van der Waals surface area contributed by atoms with Gasteiger partial charge in [-0.05, 0) is 55.4 Å². The largest absolute Gasteiger partial charge is 0.354 e. The Labute approximate surface area is 162 Å². The normalized spacial score (nSPS) is 21.1. The molecule has 1 aliphatic rings. The zero-order valence-electron chi connectivity index (χ0n) is 16.3. The van der Waals surface area contributed by atoms with E-state index in [4.69, 9.17) is 4.98 Å². The molecule has 2 aromatic rings. The lowest BCUT2D eigenvalue weighted by Gasteiger charge is -2.26. The fraction of sp³-hybridized carbons (Fsp3) is 0.545. The molecule has 1 fully saturated rings. The highest BCUT2D eigenvalue weighted by Gasteiger charge is 2.18. The lowest BCUT2D eigenvalue weighted by atomic mass is 9.83. The molecule has 0 spiro atoms. The Morgan fingerprint density at radius 3 is 2.81 bits per heavy atom. The SMILES string of the molecule is C/C=C(\SCCC)c1ccc2cnc(NCC3CCC(C)CC3)nc2c1. The van der Waals surface area contributed by atoms with Gasteiger partial charge in [-0.25, -0.2) is 9.97 Å². The fourth-order valence-corrected chi connectivity index (χ4v) is 4.46. The van der Waals surface area contributed by atoms with Gasteiger partial charge in [0.1, 0.15) is 0 Å². The summed E-state index contributed by atoms with van der Waals surface area (Å²) < 4.78 is 0. The summed E-state index contributed by atoms with van der Waals surface area (Å²) in [4.78, 5) is 10.6. The first-order valence-corrected chi connectivity index (χ1v) is 11.0. The van der Waals surface area contributed by atoms with Gasteiger partial charge in [0.2, 0.25) is 5.95 Å². The van der Waals surface area contributed by atoms with E-state index in [0.29, 0.717) is 0 Å². The number of aromatic nitrogens is 2. The van der Waals surface area contributed by atoms with E-state index in [1.165, 1.54) is 42.6 Å². The Bertz CT molecular complexity index is 748. The van der Waals surface area contributed by atoms with E-state index < -0.39 is 0 Å². The molecule has 1 N–H and O–H groups in total. The van der Waals surface area contributed by atoms with Crippen LogP contribution < -0.4 is 5.32 Å². The van der Waals surface area contributed by atoms with Crippen LogP contribution in [0.5, 0.6) is 0 Å². The van der Waals surface area contributed by atoms with E-state index in [2.05, 4.69) is 55.3 Å². The first-order chi connectivity index (χ1) is 12.7. The monoisotopic (exact) mass is 369 g/mol. The van der Waals surface area contributed by atoms with E-state index in [-0.39, 0.29) is 0 Å². The third-order valence-electron chi connectivity index (χ3n) is 5.28. The summed E-state index contributed by atoms with van der Waals surface area (Å²) >= 11 is 1.92. The van der Waals surface area contributed by atoms with Crippen molar-refractivity contribution in [2.75, 3.05) is 17.6 Å². The molecule has 0 bridgehead atoms. The van der Waals surface area contributed by atoms with Gasteiger partial charge in [0, 0.05) is 23.0 Å². The number of rotatable bonds is 7. The lowest BCUT2D eigenvalue weighted by Crippen LogP contribution is -2.20. The van der Waals surface area contributed by atoms with Crippen molar-refractivity contribution in [3.05, 3.63) is 36.0 Å². The minimum absolute atomic E-state index is 0.761. The van der Waals surface area contributed by atoms with Gasteiger partial charge in [-0.1, -0.05) is 44.9 Å². The van der Waals surface area contributed by atoms with Gasteiger partial charge < -0.3 is 5.32 Å². The highest BCUT2D eigenvalue weighted by atomic mass is 32.2. The van der Waals surface area contributed by atoms with Gasteiger partial charge >= 0.3 is 0 Å². The van der Waals surface area contributed by atoms with Gasteiger partial charge in [-0.3, -0.25) is 0 Å². The molecule has 3 rings (SSSR count). The number of fused-ring (bicyclic) bond motifs is 1. The van der Waals surface area contributed by atoms with Crippen molar-refractivity contribution in [3.8, 4) is 0 Å². The van der Waals surface area contributed by atoms with Crippen LogP contribution in [0.25, 0.3) is 15.8 Å². The van der Waals surface area contributed by atoms with E-state index in [1.54, 1.807) is 0 Å². The second-order valence-electron chi connectivity index (χ2n) is 7.48. The van der Waals surface area contributed by atoms with Crippen molar-refractivity contribution >= 4 is 33.5 Å². The van der Waals surface area contributed by atoms with Crippen molar-refractivity contribution in [3.63, 3.8) is 0 Å². The average molecular weight is 370 g/mol. The Hall–Kier alpha value is -1.55. The van der Waals surface area contributed by atoms with E-state index in [9.17, 15) is 0 Å². The second kappa shape index (κ2) is 9.40. The first kappa shape index (κ1) is 19.2. The maximum absolute atomic E-state index is 4.77. The van der Waals surface area contributed by atoms with Crippen molar-refractivity contribution in [1.82, 2.24) is 9.97 Å². The zero-order chi connectivity index (χ0) is 18.4.